The lowest BCUT2D eigenvalue weighted by atomic mass is 10.1. The van der Waals surface area contributed by atoms with E-state index in [9.17, 15) is 4.79 Å². The lowest BCUT2D eigenvalue weighted by molar-refractivity contribution is -0.123. The third-order valence-corrected chi connectivity index (χ3v) is 5.02. The van der Waals surface area contributed by atoms with Crippen molar-refractivity contribution in [3.63, 3.8) is 0 Å². The molecule has 150 valence electrons. The van der Waals surface area contributed by atoms with Crippen molar-refractivity contribution < 1.29 is 13.9 Å². The Morgan fingerprint density at radius 2 is 1.83 bits per heavy atom. The predicted octanol–water partition coefficient (Wildman–Crippen LogP) is 6.05. The molecule has 3 rings (SSSR count). The fourth-order valence-electron chi connectivity index (χ4n) is 2.48. The predicted molar refractivity (Wildman–Crippen MR) is 116 cm³/mol. The number of hydrogen-bond acceptors (Lipinski definition) is 4. The number of amides is 1. The molecule has 29 heavy (non-hydrogen) atoms. The lowest BCUT2D eigenvalue weighted by Crippen LogP contribution is -2.24. The molecule has 1 N–H and O–H groups in total. The summed E-state index contributed by atoms with van der Waals surface area (Å²) in [4.78, 5) is 11.9. The van der Waals surface area contributed by atoms with Gasteiger partial charge in [-0.2, -0.15) is 5.10 Å². The van der Waals surface area contributed by atoms with Gasteiger partial charge in [0.15, 0.2) is 6.61 Å². The zero-order valence-electron chi connectivity index (χ0n) is 15.6. The Bertz CT molecular complexity index is 1080. The molecule has 1 heterocycles. The number of carbonyl (C=O) groups excluding carboxylic acids is 1. The summed E-state index contributed by atoms with van der Waals surface area (Å²) in [5.41, 5.74) is 5.01. The number of aryl methyl sites for hydroxylation is 2. The second kappa shape index (κ2) is 9.35. The van der Waals surface area contributed by atoms with Gasteiger partial charge in [-0.05, 0) is 55.3 Å². The van der Waals surface area contributed by atoms with E-state index in [1.54, 1.807) is 24.3 Å². The summed E-state index contributed by atoms with van der Waals surface area (Å²) in [6.07, 6.45) is 1.38. The maximum absolute atomic E-state index is 11.9. The third kappa shape index (κ3) is 5.54. The topological polar surface area (TPSA) is 63.8 Å². The van der Waals surface area contributed by atoms with E-state index in [1.165, 1.54) is 6.21 Å². The monoisotopic (exact) mass is 450 g/mol. The number of halogens is 3. The van der Waals surface area contributed by atoms with Gasteiger partial charge in [0.25, 0.3) is 5.91 Å². The number of benzene rings is 2. The SMILES string of the molecule is Cc1ccc(C)c(OCC(=O)N/N=C\c2ccc(-c3cc(Cl)c(Cl)cc3Cl)o2)c1. The summed E-state index contributed by atoms with van der Waals surface area (Å²) in [5, 5.41) is 5.02. The molecule has 0 aliphatic heterocycles. The molecule has 0 saturated carbocycles. The number of furan rings is 1. The molecular weight excluding hydrogens is 435 g/mol. The molecule has 1 amide bonds. The molecule has 5 nitrogen and oxygen atoms in total. The molecule has 8 heteroatoms. The van der Waals surface area contributed by atoms with Crippen LogP contribution < -0.4 is 10.2 Å². The minimum absolute atomic E-state index is 0.149. The van der Waals surface area contributed by atoms with Gasteiger partial charge in [0.1, 0.15) is 17.3 Å². The smallest absolute Gasteiger partial charge is 0.277 e. The molecule has 0 unspecified atom stereocenters. The number of rotatable bonds is 6. The molecule has 0 saturated heterocycles. The highest BCUT2D eigenvalue weighted by molar-refractivity contribution is 6.44. The van der Waals surface area contributed by atoms with Crippen LogP contribution in [0, 0.1) is 13.8 Å². The molecule has 0 aliphatic carbocycles. The summed E-state index contributed by atoms with van der Waals surface area (Å²) < 4.78 is 11.2. The fraction of sp³-hybridized carbons (Fsp3) is 0.143. The van der Waals surface area contributed by atoms with Crippen LogP contribution in [-0.4, -0.2) is 18.7 Å². The number of carbonyl (C=O) groups is 1. The first-order valence-electron chi connectivity index (χ1n) is 8.60. The third-order valence-electron chi connectivity index (χ3n) is 3.99. The van der Waals surface area contributed by atoms with E-state index < -0.39 is 0 Å². The van der Waals surface area contributed by atoms with Gasteiger partial charge < -0.3 is 9.15 Å². The summed E-state index contributed by atoms with van der Waals surface area (Å²) >= 11 is 18.2. The minimum atomic E-state index is -0.388. The molecular formula is C21H17Cl3N2O3. The van der Waals surface area contributed by atoms with Crippen molar-refractivity contribution >= 4 is 46.9 Å². The van der Waals surface area contributed by atoms with Crippen molar-refractivity contribution in [3.05, 3.63) is 74.4 Å². The van der Waals surface area contributed by atoms with Crippen LogP contribution in [0.4, 0.5) is 0 Å². The molecule has 0 bridgehead atoms. The largest absolute Gasteiger partial charge is 0.483 e. The van der Waals surface area contributed by atoms with Crippen molar-refractivity contribution in [3.8, 4) is 17.1 Å². The summed E-state index contributed by atoms with van der Waals surface area (Å²) in [6, 6.07) is 12.4. The summed E-state index contributed by atoms with van der Waals surface area (Å²) in [7, 11) is 0. The number of nitrogens with one attached hydrogen (secondary N) is 1. The van der Waals surface area contributed by atoms with Gasteiger partial charge in [-0.1, -0.05) is 46.9 Å². The quantitative estimate of drug-likeness (QED) is 0.282. The van der Waals surface area contributed by atoms with Crippen LogP contribution in [0.15, 0.2) is 52.0 Å². The molecule has 0 spiro atoms. The molecule has 0 fully saturated rings. The Kier molecular flexibility index (Phi) is 6.85. The van der Waals surface area contributed by atoms with E-state index in [-0.39, 0.29) is 12.5 Å². The number of nitrogens with zero attached hydrogens (tertiary/aromatic N) is 1. The van der Waals surface area contributed by atoms with E-state index >= 15 is 0 Å². The number of ether oxygens (including phenoxy) is 1. The van der Waals surface area contributed by atoms with Gasteiger partial charge in [0, 0.05) is 5.56 Å². The van der Waals surface area contributed by atoms with Crippen LogP contribution in [0.3, 0.4) is 0 Å². The Balaban J connectivity index is 1.58. The highest BCUT2D eigenvalue weighted by Gasteiger charge is 2.11. The van der Waals surface area contributed by atoms with Gasteiger partial charge >= 0.3 is 0 Å². The molecule has 0 atom stereocenters. The Morgan fingerprint density at radius 1 is 1.07 bits per heavy atom. The van der Waals surface area contributed by atoms with Gasteiger partial charge in [0.05, 0.1) is 21.3 Å². The molecule has 3 aromatic rings. The Hall–Kier alpha value is -2.47. The normalized spacial score (nSPS) is 11.1. The maximum Gasteiger partial charge on any atom is 0.277 e. The van der Waals surface area contributed by atoms with Gasteiger partial charge in [-0.25, -0.2) is 5.43 Å². The van der Waals surface area contributed by atoms with E-state index in [2.05, 4.69) is 10.5 Å². The van der Waals surface area contributed by atoms with E-state index in [0.29, 0.717) is 37.9 Å². The minimum Gasteiger partial charge on any atom is -0.483 e. The average Bonchev–Trinajstić information content (AvgIpc) is 3.14. The van der Waals surface area contributed by atoms with E-state index in [1.807, 2.05) is 32.0 Å². The fourth-order valence-corrected chi connectivity index (χ4v) is 3.12. The van der Waals surface area contributed by atoms with Crippen molar-refractivity contribution in [2.75, 3.05) is 6.61 Å². The second-order valence-electron chi connectivity index (χ2n) is 6.30. The van der Waals surface area contributed by atoms with Gasteiger partial charge in [-0.3, -0.25) is 4.79 Å². The number of hydrogen-bond donors (Lipinski definition) is 1. The van der Waals surface area contributed by atoms with E-state index in [0.717, 1.165) is 11.1 Å². The highest BCUT2D eigenvalue weighted by atomic mass is 35.5. The van der Waals surface area contributed by atoms with Crippen LogP contribution in [0.2, 0.25) is 15.1 Å². The highest BCUT2D eigenvalue weighted by Crippen LogP contribution is 2.35. The van der Waals surface area contributed by atoms with Crippen LogP contribution in [0.25, 0.3) is 11.3 Å². The van der Waals surface area contributed by atoms with Crippen molar-refractivity contribution in [2.24, 2.45) is 5.10 Å². The first-order valence-corrected chi connectivity index (χ1v) is 9.73. The molecule has 0 radical (unpaired) electrons. The molecule has 0 aliphatic rings. The Labute approximate surface area is 183 Å². The maximum atomic E-state index is 11.9. The van der Waals surface area contributed by atoms with E-state index in [4.69, 9.17) is 44.0 Å². The molecule has 1 aromatic heterocycles. The van der Waals surface area contributed by atoms with Crippen molar-refractivity contribution in [2.45, 2.75) is 13.8 Å². The van der Waals surface area contributed by atoms with Crippen LogP contribution in [0.5, 0.6) is 5.75 Å². The van der Waals surface area contributed by atoms with Crippen LogP contribution in [0.1, 0.15) is 16.9 Å². The van der Waals surface area contributed by atoms with Crippen LogP contribution in [-0.2, 0) is 4.79 Å². The Morgan fingerprint density at radius 3 is 2.62 bits per heavy atom. The lowest BCUT2D eigenvalue weighted by Gasteiger charge is -2.08. The molecule has 2 aromatic carbocycles. The zero-order chi connectivity index (χ0) is 21.0. The van der Waals surface area contributed by atoms with Crippen LogP contribution >= 0.6 is 34.8 Å². The van der Waals surface area contributed by atoms with Crippen molar-refractivity contribution in [1.82, 2.24) is 5.43 Å². The van der Waals surface area contributed by atoms with Crippen molar-refractivity contribution in [1.29, 1.82) is 0 Å². The summed E-state index contributed by atoms with van der Waals surface area (Å²) in [6.45, 7) is 3.73. The zero-order valence-corrected chi connectivity index (χ0v) is 17.9. The first-order chi connectivity index (χ1) is 13.8. The summed E-state index contributed by atoms with van der Waals surface area (Å²) in [5.74, 6) is 1.21. The number of hydrazone groups is 1. The standard InChI is InChI=1S/C21H17Cl3N2O3/c1-12-3-4-13(2)20(7-12)28-11-21(27)26-25-10-14-5-6-19(29-14)15-8-17(23)18(24)9-16(15)22/h3-10H,11H2,1-2H3,(H,26,27)/b25-10-. The second-order valence-corrected chi connectivity index (χ2v) is 7.52. The first kappa shape index (κ1) is 21.2. The van der Waals surface area contributed by atoms with Gasteiger partial charge in [-0.15, -0.1) is 0 Å². The average molecular weight is 452 g/mol. The van der Waals surface area contributed by atoms with Gasteiger partial charge in [0.2, 0.25) is 0 Å².